The van der Waals surface area contributed by atoms with Gasteiger partial charge in [-0.25, -0.2) is 4.99 Å². The van der Waals surface area contributed by atoms with E-state index < -0.39 is 0 Å². The van der Waals surface area contributed by atoms with Gasteiger partial charge in [0.25, 0.3) is 0 Å². The van der Waals surface area contributed by atoms with Gasteiger partial charge in [-0.1, -0.05) is 12.2 Å². The summed E-state index contributed by atoms with van der Waals surface area (Å²) in [7, 11) is 0. The molecule has 0 N–H and O–H groups in total. The molecule has 1 aliphatic heterocycles. The molecule has 74 valence electrons. The Morgan fingerprint density at radius 1 is 1.20 bits per heavy atom. The molecule has 0 bridgehead atoms. The van der Waals surface area contributed by atoms with Crippen LogP contribution in [0.1, 0.15) is 19.3 Å². The van der Waals surface area contributed by atoms with Gasteiger partial charge in [0.15, 0.2) is 5.78 Å². The zero-order chi connectivity index (χ0) is 10.4. The molecule has 0 aromatic carbocycles. The Hall–Kier alpha value is -1.77. The predicted octanol–water partition coefficient (Wildman–Crippen LogP) is 1.51. The van der Waals surface area contributed by atoms with Crippen molar-refractivity contribution in [2.24, 2.45) is 4.99 Å². The molecule has 2 aliphatic carbocycles. The maximum absolute atomic E-state index is 11.6. The third-order valence-corrected chi connectivity index (χ3v) is 2.85. The Kier molecular flexibility index (Phi) is 1.63. The number of fused-ring (bicyclic) bond motifs is 2. The number of rotatable bonds is 0. The summed E-state index contributed by atoms with van der Waals surface area (Å²) in [5, 5.41) is 0. The fraction of sp³-hybridized carbons (Fsp3) is 0.250. The predicted molar refractivity (Wildman–Crippen MR) is 55.5 cm³/mol. The van der Waals surface area contributed by atoms with Crippen LogP contribution in [0.2, 0.25) is 0 Å². The number of Topliss-reactive ketones (excluding diaryl/α,β-unsaturated/α-hetero) is 2. The van der Waals surface area contributed by atoms with Crippen molar-refractivity contribution >= 4 is 17.3 Å². The summed E-state index contributed by atoms with van der Waals surface area (Å²) in [6.45, 7) is 0. The summed E-state index contributed by atoms with van der Waals surface area (Å²) in [5.41, 5.74) is 3.20. The maximum atomic E-state index is 11.6. The monoisotopic (exact) mass is 199 g/mol. The minimum Gasteiger partial charge on any atom is -0.299 e. The second-order valence-corrected chi connectivity index (χ2v) is 3.90. The zero-order valence-electron chi connectivity index (χ0n) is 8.12. The lowest BCUT2D eigenvalue weighted by Gasteiger charge is -2.12. The van der Waals surface area contributed by atoms with Gasteiger partial charge in [-0.05, 0) is 18.1 Å². The van der Waals surface area contributed by atoms with Crippen molar-refractivity contribution in [1.29, 1.82) is 0 Å². The fourth-order valence-electron chi connectivity index (χ4n) is 2.18. The van der Waals surface area contributed by atoms with E-state index in [1.54, 1.807) is 0 Å². The van der Waals surface area contributed by atoms with Crippen LogP contribution < -0.4 is 0 Å². The average molecular weight is 199 g/mol. The molecular weight excluding hydrogens is 190 g/mol. The van der Waals surface area contributed by atoms with E-state index in [9.17, 15) is 9.59 Å². The van der Waals surface area contributed by atoms with Crippen molar-refractivity contribution in [3.8, 4) is 0 Å². The molecule has 0 saturated carbocycles. The molecule has 3 heteroatoms. The lowest BCUT2D eigenvalue weighted by Crippen LogP contribution is -2.17. The van der Waals surface area contributed by atoms with Crippen molar-refractivity contribution in [1.82, 2.24) is 0 Å². The normalized spacial score (nSPS) is 23.7. The summed E-state index contributed by atoms with van der Waals surface area (Å²) >= 11 is 0. The number of carbonyl (C=O) groups is 2. The first kappa shape index (κ1) is 8.53. The van der Waals surface area contributed by atoms with Crippen molar-refractivity contribution < 1.29 is 9.59 Å². The fourth-order valence-corrected chi connectivity index (χ4v) is 2.18. The summed E-state index contributed by atoms with van der Waals surface area (Å²) in [6.07, 6.45) is 7.21. The molecule has 0 aromatic rings. The van der Waals surface area contributed by atoms with Crippen LogP contribution in [0.15, 0.2) is 40.1 Å². The highest BCUT2D eigenvalue weighted by atomic mass is 16.1. The number of hydrogen-bond acceptors (Lipinski definition) is 3. The van der Waals surface area contributed by atoms with E-state index in [0.29, 0.717) is 12.1 Å². The Balaban J connectivity index is 2.14. The molecule has 0 amide bonds. The molecule has 1 heterocycles. The van der Waals surface area contributed by atoms with Crippen LogP contribution in [0, 0.1) is 0 Å². The van der Waals surface area contributed by atoms with Crippen LogP contribution in [0.3, 0.4) is 0 Å². The van der Waals surface area contributed by atoms with Gasteiger partial charge in [-0.15, -0.1) is 0 Å². The first-order valence-corrected chi connectivity index (χ1v) is 5.00. The van der Waals surface area contributed by atoms with E-state index in [0.717, 1.165) is 23.3 Å². The number of ketones is 2. The smallest absolute Gasteiger partial charge is 0.188 e. The molecule has 15 heavy (non-hydrogen) atoms. The second-order valence-electron chi connectivity index (χ2n) is 3.90. The van der Waals surface area contributed by atoms with E-state index in [-0.39, 0.29) is 18.0 Å². The van der Waals surface area contributed by atoms with Crippen LogP contribution in [-0.4, -0.2) is 17.3 Å². The van der Waals surface area contributed by atoms with Crippen LogP contribution in [0.5, 0.6) is 0 Å². The lowest BCUT2D eigenvalue weighted by molar-refractivity contribution is -0.125. The van der Waals surface area contributed by atoms with Crippen molar-refractivity contribution in [3.05, 3.63) is 35.1 Å². The van der Waals surface area contributed by atoms with Gasteiger partial charge in [-0.3, -0.25) is 9.59 Å². The molecular formula is C12H9NO2. The molecule has 0 spiro atoms. The molecule has 0 unspecified atom stereocenters. The minimum atomic E-state index is -0.127. The van der Waals surface area contributed by atoms with Gasteiger partial charge >= 0.3 is 0 Å². The lowest BCUT2D eigenvalue weighted by atomic mass is 9.88. The molecule has 3 aliphatic rings. The van der Waals surface area contributed by atoms with Crippen molar-refractivity contribution in [2.45, 2.75) is 19.3 Å². The topological polar surface area (TPSA) is 46.5 Å². The second kappa shape index (κ2) is 2.86. The molecule has 0 fully saturated rings. The summed E-state index contributed by atoms with van der Waals surface area (Å²) in [4.78, 5) is 27.2. The van der Waals surface area contributed by atoms with Gasteiger partial charge in [0.05, 0.1) is 12.1 Å². The Morgan fingerprint density at radius 3 is 2.93 bits per heavy atom. The van der Waals surface area contributed by atoms with Gasteiger partial charge in [0, 0.05) is 12.0 Å². The Morgan fingerprint density at radius 2 is 2.07 bits per heavy atom. The van der Waals surface area contributed by atoms with Crippen LogP contribution in [0.4, 0.5) is 0 Å². The summed E-state index contributed by atoms with van der Waals surface area (Å²) in [5.74, 6) is -0.122. The van der Waals surface area contributed by atoms with E-state index in [2.05, 4.69) is 4.99 Å². The first-order valence-electron chi connectivity index (χ1n) is 5.00. The Labute approximate surface area is 86.9 Å². The quantitative estimate of drug-likeness (QED) is 0.555. The highest BCUT2D eigenvalue weighted by Crippen LogP contribution is 2.35. The van der Waals surface area contributed by atoms with Gasteiger partial charge in [-0.2, -0.15) is 0 Å². The molecule has 0 aromatic heterocycles. The maximum Gasteiger partial charge on any atom is 0.188 e. The number of allylic oxidation sites excluding steroid dienone is 6. The first-order chi connectivity index (χ1) is 7.25. The molecule has 0 radical (unpaired) electrons. The van der Waals surface area contributed by atoms with Gasteiger partial charge in [0.2, 0.25) is 0 Å². The zero-order valence-corrected chi connectivity index (χ0v) is 8.12. The minimum absolute atomic E-state index is 0.00523. The third kappa shape index (κ3) is 1.16. The summed E-state index contributed by atoms with van der Waals surface area (Å²) in [6, 6.07) is 0. The molecule has 3 rings (SSSR count). The van der Waals surface area contributed by atoms with E-state index in [4.69, 9.17) is 0 Å². The van der Waals surface area contributed by atoms with Gasteiger partial charge < -0.3 is 0 Å². The highest BCUT2D eigenvalue weighted by molar-refractivity contribution is 6.23. The van der Waals surface area contributed by atoms with E-state index >= 15 is 0 Å². The molecule has 3 nitrogen and oxygen atoms in total. The Bertz CT molecular complexity index is 504. The average Bonchev–Trinajstić information content (AvgIpc) is 2.57. The van der Waals surface area contributed by atoms with Crippen LogP contribution >= 0.6 is 0 Å². The SMILES string of the molecule is O=C1CC(=O)C2=C(C1)C1=CCC=CC1=N2. The van der Waals surface area contributed by atoms with Gasteiger partial charge in [0.1, 0.15) is 11.5 Å². The molecule has 0 atom stereocenters. The largest absolute Gasteiger partial charge is 0.299 e. The van der Waals surface area contributed by atoms with Crippen molar-refractivity contribution in [2.75, 3.05) is 0 Å². The third-order valence-electron chi connectivity index (χ3n) is 2.85. The highest BCUT2D eigenvalue weighted by Gasteiger charge is 2.33. The van der Waals surface area contributed by atoms with E-state index in [1.807, 2.05) is 18.2 Å². The number of aliphatic imine (C=N–C) groups is 1. The number of hydrogen-bond donors (Lipinski definition) is 0. The number of carbonyl (C=O) groups excluding carboxylic acids is 2. The molecule has 0 saturated heterocycles. The standard InChI is InChI=1S/C12H9NO2/c14-7-5-9-8-3-1-2-4-10(8)13-12(9)11(15)6-7/h2-4H,1,5-6H2. The van der Waals surface area contributed by atoms with Crippen molar-refractivity contribution in [3.63, 3.8) is 0 Å². The van der Waals surface area contributed by atoms with Crippen LogP contribution in [0.25, 0.3) is 0 Å². The summed E-state index contributed by atoms with van der Waals surface area (Å²) < 4.78 is 0. The number of nitrogens with zero attached hydrogens (tertiary/aromatic N) is 1. The van der Waals surface area contributed by atoms with Crippen LogP contribution in [-0.2, 0) is 9.59 Å². The van der Waals surface area contributed by atoms with E-state index in [1.165, 1.54) is 0 Å².